The molecule has 8 heteroatoms. The molecule has 0 N–H and O–H groups in total. The van der Waals surface area contributed by atoms with E-state index in [0.29, 0.717) is 5.82 Å². The van der Waals surface area contributed by atoms with Gasteiger partial charge >= 0.3 is 0 Å². The van der Waals surface area contributed by atoms with E-state index in [0.717, 1.165) is 17.0 Å². The van der Waals surface area contributed by atoms with Crippen LogP contribution in [0.15, 0.2) is 24.5 Å². The van der Waals surface area contributed by atoms with E-state index in [-0.39, 0.29) is 6.54 Å². The van der Waals surface area contributed by atoms with Crippen molar-refractivity contribution in [3.8, 4) is 11.3 Å². The number of hydrogen-bond donors (Lipinski definition) is 0. The van der Waals surface area contributed by atoms with Crippen molar-refractivity contribution in [3.05, 3.63) is 36.0 Å². The first-order chi connectivity index (χ1) is 9.33. The van der Waals surface area contributed by atoms with Gasteiger partial charge < -0.3 is 4.55 Å². The molecule has 0 aliphatic heterocycles. The second kappa shape index (κ2) is 5.59. The molecule has 0 atom stereocenters. The Labute approximate surface area is 117 Å². The summed E-state index contributed by atoms with van der Waals surface area (Å²) in [5.74, 6) is 0.199. The second-order valence-corrected chi connectivity index (χ2v) is 5.91. The van der Waals surface area contributed by atoms with Gasteiger partial charge in [0, 0.05) is 17.3 Å². The van der Waals surface area contributed by atoms with Crippen LogP contribution >= 0.6 is 0 Å². The molecule has 7 nitrogen and oxygen atoms in total. The van der Waals surface area contributed by atoms with Gasteiger partial charge in [-0.25, -0.2) is 18.4 Å². The van der Waals surface area contributed by atoms with Crippen LogP contribution in [0.4, 0.5) is 0 Å². The Balaban J connectivity index is 2.19. The van der Waals surface area contributed by atoms with Crippen LogP contribution < -0.4 is 4.68 Å². The highest BCUT2D eigenvalue weighted by Gasteiger charge is 2.08. The van der Waals surface area contributed by atoms with E-state index in [1.807, 2.05) is 19.9 Å². The average molecular weight is 294 g/mol. The molecule has 2 heterocycles. The van der Waals surface area contributed by atoms with Gasteiger partial charge in [0.05, 0.1) is 11.4 Å². The fourth-order valence-electron chi connectivity index (χ4n) is 1.74. The lowest BCUT2D eigenvalue weighted by Gasteiger charge is -2.04. The Morgan fingerprint density at radius 2 is 2.05 bits per heavy atom. The van der Waals surface area contributed by atoms with Crippen molar-refractivity contribution in [3.63, 3.8) is 0 Å². The van der Waals surface area contributed by atoms with E-state index < -0.39 is 15.9 Å². The minimum absolute atomic E-state index is 0.0357. The van der Waals surface area contributed by atoms with Gasteiger partial charge in [0.2, 0.25) is 0 Å². The summed E-state index contributed by atoms with van der Waals surface area (Å²) < 4.78 is 33.1. The molecule has 2 rings (SSSR count). The van der Waals surface area contributed by atoms with Gasteiger partial charge in [-0.3, -0.25) is 0 Å². The summed E-state index contributed by atoms with van der Waals surface area (Å²) in [6.07, 6.45) is 3.20. The molecule has 0 saturated carbocycles. The van der Waals surface area contributed by atoms with Gasteiger partial charge in [-0.2, -0.15) is 0 Å². The van der Waals surface area contributed by atoms with E-state index in [2.05, 4.69) is 15.1 Å². The summed E-state index contributed by atoms with van der Waals surface area (Å²) in [6.45, 7) is 3.73. The van der Waals surface area contributed by atoms with Crippen LogP contribution in [0, 0.1) is 13.8 Å². The Hall–Kier alpha value is -1.93. The van der Waals surface area contributed by atoms with Crippen molar-refractivity contribution in [2.75, 3.05) is 5.75 Å². The van der Waals surface area contributed by atoms with Crippen LogP contribution in [0.5, 0.6) is 0 Å². The molecular formula is C12H14N4O3S. The minimum atomic E-state index is -4.23. The third-order valence-electron chi connectivity index (χ3n) is 2.60. The molecule has 0 saturated heterocycles. The molecule has 0 spiro atoms. The predicted octanol–water partition coefficient (Wildman–Crippen LogP) is -0.0119. The predicted molar refractivity (Wildman–Crippen MR) is 69.5 cm³/mol. The number of nitrogens with zero attached hydrogens (tertiary/aromatic N) is 4. The van der Waals surface area contributed by atoms with Crippen LogP contribution in [-0.4, -0.2) is 33.8 Å². The molecule has 2 aromatic heterocycles. The van der Waals surface area contributed by atoms with Crippen LogP contribution in [0.2, 0.25) is 0 Å². The fourth-order valence-corrected chi connectivity index (χ4v) is 2.15. The molecule has 0 aromatic carbocycles. The summed E-state index contributed by atoms with van der Waals surface area (Å²) >= 11 is 0. The molecule has 20 heavy (non-hydrogen) atoms. The van der Waals surface area contributed by atoms with Crippen molar-refractivity contribution in [2.45, 2.75) is 20.4 Å². The summed E-state index contributed by atoms with van der Waals surface area (Å²) in [5.41, 5.74) is 2.42. The van der Waals surface area contributed by atoms with Crippen LogP contribution in [0.25, 0.3) is 11.3 Å². The normalized spacial score (nSPS) is 11.6. The summed E-state index contributed by atoms with van der Waals surface area (Å²) in [7, 11) is -4.23. The van der Waals surface area contributed by atoms with Crippen LogP contribution in [-0.2, 0) is 16.7 Å². The molecule has 2 aromatic rings. The average Bonchev–Trinajstić information content (AvgIpc) is 2.35. The lowest BCUT2D eigenvalue weighted by atomic mass is 10.2. The zero-order valence-corrected chi connectivity index (χ0v) is 12.0. The van der Waals surface area contributed by atoms with Crippen molar-refractivity contribution >= 4 is 10.1 Å². The Bertz CT molecular complexity index is 694. The molecular weight excluding hydrogens is 280 g/mol. The van der Waals surface area contributed by atoms with Gasteiger partial charge in [-0.05, 0) is 25.0 Å². The number of rotatable bonds is 4. The smallest absolute Gasteiger partial charge is 0.197 e. The molecule has 0 aliphatic carbocycles. The number of aromatic nitrogens is 4. The lowest BCUT2D eigenvalue weighted by Crippen LogP contribution is -2.40. The monoisotopic (exact) mass is 294 g/mol. The molecule has 0 radical (unpaired) electrons. The molecule has 0 unspecified atom stereocenters. The molecule has 106 valence electrons. The highest BCUT2D eigenvalue weighted by Crippen LogP contribution is 2.15. The van der Waals surface area contributed by atoms with E-state index in [1.165, 1.54) is 4.68 Å². The summed E-state index contributed by atoms with van der Waals surface area (Å²) in [4.78, 5) is 8.51. The van der Waals surface area contributed by atoms with E-state index in [1.54, 1.807) is 18.5 Å². The van der Waals surface area contributed by atoms with Gasteiger partial charge in [0.25, 0.3) is 0 Å². The molecule has 0 bridgehead atoms. The lowest BCUT2D eigenvalue weighted by molar-refractivity contribution is -0.750. The highest BCUT2D eigenvalue weighted by molar-refractivity contribution is 7.85. The zero-order chi connectivity index (χ0) is 14.8. The third-order valence-corrected chi connectivity index (χ3v) is 3.29. The van der Waals surface area contributed by atoms with Crippen LogP contribution in [0.3, 0.4) is 0 Å². The molecule has 0 amide bonds. The Morgan fingerprint density at radius 3 is 2.60 bits per heavy atom. The van der Waals surface area contributed by atoms with E-state index in [9.17, 15) is 13.0 Å². The maximum Gasteiger partial charge on any atom is 0.197 e. The van der Waals surface area contributed by atoms with E-state index in [4.69, 9.17) is 0 Å². The van der Waals surface area contributed by atoms with Gasteiger partial charge in [-0.1, -0.05) is 4.68 Å². The van der Waals surface area contributed by atoms with Gasteiger partial charge in [0.15, 0.2) is 12.7 Å². The first-order valence-corrected chi connectivity index (χ1v) is 7.53. The Kier molecular flexibility index (Phi) is 4.05. The van der Waals surface area contributed by atoms with Crippen molar-refractivity contribution in [1.29, 1.82) is 0 Å². The SMILES string of the molecule is Cc1cc(-c2cc[n+](CCS(=O)(=O)[O-])nc2)nc(C)n1. The standard InChI is InChI=1S/C12H14N4O3S/c1-9-7-12(15-10(2)14-9)11-3-4-16(13-8-11)5-6-20(17,18)19/h3-4,7-8H,5-6H2,1-2H3. The Morgan fingerprint density at radius 1 is 1.30 bits per heavy atom. The molecule has 0 aliphatic rings. The summed E-state index contributed by atoms with van der Waals surface area (Å²) in [6, 6.07) is 3.61. The zero-order valence-electron chi connectivity index (χ0n) is 11.1. The third kappa shape index (κ3) is 4.04. The quantitative estimate of drug-likeness (QED) is 0.580. The first-order valence-electron chi connectivity index (χ1n) is 5.95. The molecule has 0 fully saturated rings. The second-order valence-electron chi connectivity index (χ2n) is 4.38. The fraction of sp³-hybridized carbons (Fsp3) is 0.333. The first kappa shape index (κ1) is 14.5. The topological polar surface area (TPSA) is 99.8 Å². The minimum Gasteiger partial charge on any atom is -0.748 e. The maximum atomic E-state index is 10.6. The number of hydrogen-bond acceptors (Lipinski definition) is 6. The van der Waals surface area contributed by atoms with Crippen LogP contribution in [0.1, 0.15) is 11.5 Å². The summed E-state index contributed by atoms with van der Waals surface area (Å²) in [5, 5.41) is 4.07. The number of aryl methyl sites for hydroxylation is 3. The maximum absolute atomic E-state index is 10.6. The van der Waals surface area contributed by atoms with Gasteiger partial charge in [0.1, 0.15) is 22.1 Å². The van der Waals surface area contributed by atoms with Crippen molar-refractivity contribution in [1.82, 2.24) is 15.1 Å². The van der Waals surface area contributed by atoms with Gasteiger partial charge in [-0.15, -0.1) is 0 Å². The largest absolute Gasteiger partial charge is 0.748 e. The highest BCUT2D eigenvalue weighted by atomic mass is 32.2. The van der Waals surface area contributed by atoms with E-state index >= 15 is 0 Å². The van der Waals surface area contributed by atoms with Crippen molar-refractivity contribution < 1.29 is 17.7 Å². The van der Waals surface area contributed by atoms with Crippen molar-refractivity contribution in [2.24, 2.45) is 0 Å².